The van der Waals surface area contributed by atoms with Gasteiger partial charge < -0.3 is 14.4 Å². The summed E-state index contributed by atoms with van der Waals surface area (Å²) in [6.07, 6.45) is 0.112. The van der Waals surface area contributed by atoms with Crippen LogP contribution in [0.25, 0.3) is 0 Å². The van der Waals surface area contributed by atoms with Crippen LogP contribution < -0.4 is 4.74 Å². The summed E-state index contributed by atoms with van der Waals surface area (Å²) in [7, 11) is 1.75. The predicted molar refractivity (Wildman–Crippen MR) is 85.5 cm³/mol. The van der Waals surface area contributed by atoms with Crippen LogP contribution in [0.1, 0.15) is 30.0 Å². The van der Waals surface area contributed by atoms with Gasteiger partial charge in [0, 0.05) is 25.7 Å². The number of rotatable bonds is 4. The molecule has 2 aromatic rings. The number of hydrogen-bond acceptors (Lipinski definition) is 6. The van der Waals surface area contributed by atoms with Gasteiger partial charge in [-0.2, -0.15) is 0 Å². The molecule has 128 valence electrons. The first-order chi connectivity index (χ1) is 11.5. The number of hydrogen-bond donors (Lipinski definition) is 0. The Balaban J connectivity index is 1.61. The monoisotopic (exact) mass is 331 g/mol. The fourth-order valence-corrected chi connectivity index (χ4v) is 2.74. The van der Waals surface area contributed by atoms with Crippen molar-refractivity contribution in [2.75, 3.05) is 13.1 Å². The van der Waals surface area contributed by atoms with Crippen LogP contribution in [0.3, 0.4) is 0 Å². The average Bonchev–Trinajstić information content (AvgIpc) is 2.97. The Bertz CT molecular complexity index is 690. The van der Waals surface area contributed by atoms with Crippen molar-refractivity contribution in [2.24, 2.45) is 7.05 Å². The Morgan fingerprint density at radius 1 is 1.25 bits per heavy atom. The van der Waals surface area contributed by atoms with Gasteiger partial charge in [-0.3, -0.25) is 4.79 Å². The fraction of sp³-hybridized carbons (Fsp3) is 0.500. The van der Waals surface area contributed by atoms with Crippen LogP contribution in [0.2, 0.25) is 0 Å². The Morgan fingerprint density at radius 2 is 1.92 bits per heavy atom. The molecule has 1 fully saturated rings. The molecule has 0 unspecified atom stereocenters. The molecule has 1 saturated heterocycles. The van der Waals surface area contributed by atoms with Gasteiger partial charge in [0.2, 0.25) is 0 Å². The van der Waals surface area contributed by atoms with Gasteiger partial charge in [0.25, 0.3) is 5.91 Å². The van der Waals surface area contributed by atoms with Crippen LogP contribution in [0, 0.1) is 0 Å². The van der Waals surface area contributed by atoms with E-state index in [0.29, 0.717) is 30.2 Å². The van der Waals surface area contributed by atoms with Gasteiger partial charge in [-0.05, 0) is 48.5 Å². The first-order valence-electron chi connectivity index (χ1n) is 7.91. The summed E-state index contributed by atoms with van der Waals surface area (Å²) in [5.74, 6) is 1.31. The summed E-state index contributed by atoms with van der Waals surface area (Å²) in [5.41, 5.74) is 0.643. The Morgan fingerprint density at radius 3 is 2.50 bits per heavy atom. The lowest BCUT2D eigenvalue weighted by molar-refractivity contribution is -0.0586. The van der Waals surface area contributed by atoms with Gasteiger partial charge in [0.1, 0.15) is 12.4 Å². The highest BCUT2D eigenvalue weighted by Gasteiger charge is 2.26. The van der Waals surface area contributed by atoms with E-state index in [1.807, 2.05) is 18.7 Å². The molecule has 0 spiro atoms. The lowest BCUT2D eigenvalue weighted by Crippen LogP contribution is -2.48. The molecule has 1 amide bonds. The van der Waals surface area contributed by atoms with E-state index in [9.17, 15) is 4.79 Å². The van der Waals surface area contributed by atoms with Crippen LogP contribution in [0.4, 0.5) is 0 Å². The minimum atomic E-state index is 0.0149. The van der Waals surface area contributed by atoms with E-state index in [0.717, 1.165) is 0 Å². The van der Waals surface area contributed by atoms with Gasteiger partial charge in [-0.1, -0.05) is 0 Å². The van der Waals surface area contributed by atoms with Crippen molar-refractivity contribution in [1.82, 2.24) is 25.1 Å². The second kappa shape index (κ2) is 6.96. The minimum absolute atomic E-state index is 0.0149. The van der Waals surface area contributed by atoms with Crippen molar-refractivity contribution < 1.29 is 14.3 Å². The third-order valence-corrected chi connectivity index (χ3v) is 3.88. The lowest BCUT2D eigenvalue weighted by Gasteiger charge is -2.35. The molecule has 8 nitrogen and oxygen atoms in total. The van der Waals surface area contributed by atoms with E-state index in [4.69, 9.17) is 9.47 Å². The molecule has 24 heavy (non-hydrogen) atoms. The number of carbonyl (C=O) groups is 1. The third kappa shape index (κ3) is 3.70. The molecule has 1 aliphatic heterocycles. The zero-order valence-corrected chi connectivity index (χ0v) is 14.0. The van der Waals surface area contributed by atoms with Crippen LogP contribution in [0.15, 0.2) is 24.3 Å². The fourth-order valence-electron chi connectivity index (χ4n) is 2.74. The molecule has 2 heterocycles. The maximum atomic E-state index is 12.6. The zero-order valence-electron chi connectivity index (χ0n) is 14.0. The van der Waals surface area contributed by atoms with Crippen LogP contribution in [-0.4, -0.2) is 56.3 Å². The number of benzene rings is 1. The van der Waals surface area contributed by atoms with Crippen LogP contribution in [0.5, 0.6) is 5.75 Å². The van der Waals surface area contributed by atoms with Crippen LogP contribution in [-0.2, 0) is 18.4 Å². The van der Waals surface area contributed by atoms with E-state index >= 15 is 0 Å². The number of carbonyl (C=O) groups excluding carboxylic acids is 1. The molecule has 0 N–H and O–H groups in total. The Labute approximate surface area is 140 Å². The topological polar surface area (TPSA) is 82.4 Å². The molecule has 1 aliphatic rings. The van der Waals surface area contributed by atoms with Gasteiger partial charge >= 0.3 is 0 Å². The predicted octanol–water partition coefficient (Wildman–Crippen LogP) is 1.04. The normalized spacial score (nSPS) is 20.9. The molecule has 1 aromatic carbocycles. The third-order valence-electron chi connectivity index (χ3n) is 3.88. The number of ether oxygens (including phenoxy) is 2. The quantitative estimate of drug-likeness (QED) is 0.832. The lowest BCUT2D eigenvalue weighted by atomic mass is 10.1. The summed E-state index contributed by atoms with van der Waals surface area (Å²) < 4.78 is 12.9. The van der Waals surface area contributed by atoms with Gasteiger partial charge in [-0.15, -0.1) is 5.10 Å². The van der Waals surface area contributed by atoms with Crippen molar-refractivity contribution in [3.8, 4) is 5.75 Å². The van der Waals surface area contributed by atoms with Crippen molar-refractivity contribution in [1.29, 1.82) is 0 Å². The summed E-state index contributed by atoms with van der Waals surface area (Å²) in [6.45, 7) is 5.46. The van der Waals surface area contributed by atoms with Crippen molar-refractivity contribution in [3.05, 3.63) is 35.7 Å². The first kappa shape index (κ1) is 16.4. The van der Waals surface area contributed by atoms with E-state index in [1.54, 1.807) is 36.0 Å². The molecule has 2 atom stereocenters. The molecule has 0 saturated carbocycles. The largest absolute Gasteiger partial charge is 0.486 e. The number of morpholine rings is 1. The highest BCUT2D eigenvalue weighted by atomic mass is 16.5. The number of nitrogens with zero attached hydrogens (tertiary/aromatic N) is 5. The zero-order chi connectivity index (χ0) is 17.1. The Kier molecular flexibility index (Phi) is 4.75. The molecule has 0 bridgehead atoms. The molecular formula is C16H21N5O3. The SMILES string of the molecule is C[C@H]1CN(C(=O)c2ccc(OCc3nnnn3C)cc2)C[C@H](C)O1. The molecule has 1 aromatic heterocycles. The smallest absolute Gasteiger partial charge is 0.254 e. The van der Waals surface area contributed by atoms with Gasteiger partial charge in [0.15, 0.2) is 5.82 Å². The average molecular weight is 331 g/mol. The van der Waals surface area contributed by atoms with Crippen molar-refractivity contribution in [3.63, 3.8) is 0 Å². The molecule has 0 radical (unpaired) electrons. The minimum Gasteiger partial charge on any atom is -0.486 e. The maximum absolute atomic E-state index is 12.6. The van der Waals surface area contributed by atoms with Crippen molar-refractivity contribution >= 4 is 5.91 Å². The highest BCUT2D eigenvalue weighted by molar-refractivity contribution is 5.94. The second-order valence-electron chi connectivity index (χ2n) is 6.00. The molecule has 8 heteroatoms. The highest BCUT2D eigenvalue weighted by Crippen LogP contribution is 2.17. The Hall–Kier alpha value is -2.48. The van der Waals surface area contributed by atoms with E-state index in [2.05, 4.69) is 15.5 Å². The molecule has 0 aliphatic carbocycles. The summed E-state index contributed by atoms with van der Waals surface area (Å²) in [4.78, 5) is 14.4. The van der Waals surface area contributed by atoms with Crippen molar-refractivity contribution in [2.45, 2.75) is 32.7 Å². The number of aryl methyl sites for hydroxylation is 1. The summed E-state index contributed by atoms with van der Waals surface area (Å²) in [6, 6.07) is 7.11. The van der Waals surface area contributed by atoms with Gasteiger partial charge in [-0.25, -0.2) is 4.68 Å². The first-order valence-corrected chi connectivity index (χ1v) is 7.91. The summed E-state index contributed by atoms with van der Waals surface area (Å²) >= 11 is 0. The number of amides is 1. The number of tetrazole rings is 1. The maximum Gasteiger partial charge on any atom is 0.254 e. The number of aromatic nitrogens is 4. The molecule has 3 rings (SSSR count). The summed E-state index contributed by atoms with van der Waals surface area (Å²) in [5, 5.41) is 11.2. The van der Waals surface area contributed by atoms with E-state index in [1.165, 1.54) is 0 Å². The van der Waals surface area contributed by atoms with Gasteiger partial charge in [0.05, 0.1) is 12.2 Å². The van der Waals surface area contributed by atoms with Crippen LogP contribution >= 0.6 is 0 Å². The van der Waals surface area contributed by atoms with E-state index in [-0.39, 0.29) is 24.7 Å². The second-order valence-corrected chi connectivity index (χ2v) is 6.00. The van der Waals surface area contributed by atoms with E-state index < -0.39 is 0 Å². The molecular weight excluding hydrogens is 310 g/mol. The standard InChI is InChI=1S/C16H21N5O3/c1-11-8-21(9-12(2)24-11)16(22)13-4-6-14(7-5-13)23-10-15-17-18-19-20(15)3/h4-7,11-12H,8-10H2,1-3H3/t11-,12-/m0/s1.